The number of hydrogen-bond donors (Lipinski definition) is 2. The average Bonchev–Trinajstić information content (AvgIpc) is 3.26. The normalized spacial score (nSPS) is 22.1. The van der Waals surface area contributed by atoms with Crippen LogP contribution < -0.4 is 15.8 Å². The number of nitrogens with two attached hydrogens (primary N) is 1. The van der Waals surface area contributed by atoms with E-state index in [2.05, 4.69) is 49.8 Å². The number of aromatic nitrogens is 4. The summed E-state index contributed by atoms with van der Waals surface area (Å²) >= 11 is 0. The summed E-state index contributed by atoms with van der Waals surface area (Å²) in [6, 6.07) is 14.7. The zero-order chi connectivity index (χ0) is 30.6. The summed E-state index contributed by atoms with van der Waals surface area (Å²) < 4.78 is 10.3. The first kappa shape index (κ1) is 26.7. The van der Waals surface area contributed by atoms with Crippen molar-refractivity contribution in [2.24, 2.45) is 24.6 Å². The number of piperidine rings is 1. The number of rotatable bonds is 6. The highest BCUT2D eigenvalue weighted by molar-refractivity contribution is 6.01. The first-order valence-corrected chi connectivity index (χ1v) is 15.9. The number of carbonyl (C=O) groups is 2. The molecular weight excluding hydrogens is 566 g/mol. The van der Waals surface area contributed by atoms with Crippen molar-refractivity contribution < 1.29 is 14.3 Å². The number of carbonyl (C=O) groups excluding carboxylic acids is 2. The van der Waals surface area contributed by atoms with Crippen molar-refractivity contribution in [1.82, 2.24) is 29.3 Å². The Kier molecular flexibility index (Phi) is 5.72. The highest BCUT2D eigenvalue weighted by Crippen LogP contribution is 2.41. The maximum Gasteiger partial charge on any atom is 0.270 e. The van der Waals surface area contributed by atoms with Crippen molar-refractivity contribution >= 4 is 33.8 Å². The summed E-state index contributed by atoms with van der Waals surface area (Å²) in [7, 11) is 3.66. The Morgan fingerprint density at radius 1 is 1.09 bits per heavy atom. The molecule has 2 bridgehead atoms. The smallest absolute Gasteiger partial charge is 0.270 e. The van der Waals surface area contributed by atoms with Crippen LogP contribution in [0.15, 0.2) is 48.7 Å². The fourth-order valence-electron chi connectivity index (χ4n) is 7.91. The van der Waals surface area contributed by atoms with Crippen molar-refractivity contribution in [2.75, 3.05) is 13.7 Å². The lowest BCUT2D eigenvalue weighted by Crippen LogP contribution is -2.41. The number of nitrogens with one attached hydrogen (secondary N) is 1. The van der Waals surface area contributed by atoms with Crippen molar-refractivity contribution in [3.63, 3.8) is 0 Å². The van der Waals surface area contributed by atoms with Gasteiger partial charge in [0.2, 0.25) is 0 Å². The van der Waals surface area contributed by atoms with Gasteiger partial charge in [-0.25, -0.2) is 4.98 Å². The summed E-state index contributed by atoms with van der Waals surface area (Å²) in [6.07, 6.45) is 6.30. The van der Waals surface area contributed by atoms with Crippen LogP contribution in [-0.2, 0) is 20.1 Å². The molecule has 5 heterocycles. The van der Waals surface area contributed by atoms with E-state index in [0.29, 0.717) is 35.4 Å². The average molecular weight is 602 g/mol. The molecule has 3 unspecified atom stereocenters. The Morgan fingerprint density at radius 3 is 2.71 bits per heavy atom. The molecule has 3 atom stereocenters. The van der Waals surface area contributed by atoms with Crippen LogP contribution in [0.5, 0.6) is 5.75 Å². The van der Waals surface area contributed by atoms with Crippen LogP contribution in [0.25, 0.3) is 44.6 Å². The van der Waals surface area contributed by atoms with Gasteiger partial charge in [-0.3, -0.25) is 14.6 Å². The number of nitrogens with zero attached hydrogens (tertiary/aromatic N) is 5. The van der Waals surface area contributed by atoms with Gasteiger partial charge in [0.1, 0.15) is 17.0 Å². The van der Waals surface area contributed by atoms with Crippen LogP contribution in [0.4, 0.5) is 0 Å². The van der Waals surface area contributed by atoms with Crippen LogP contribution in [0.2, 0.25) is 0 Å². The van der Waals surface area contributed by atoms with E-state index in [4.69, 9.17) is 15.5 Å². The molecular formula is C35H35N7O3. The zero-order valence-corrected chi connectivity index (χ0v) is 25.4. The number of likely N-dealkylation sites (tertiary alicyclic amines) is 1. The third kappa shape index (κ3) is 4.04. The number of benzene rings is 2. The van der Waals surface area contributed by atoms with Gasteiger partial charge in [0.15, 0.2) is 5.82 Å². The molecule has 3 N–H and O–H groups in total. The summed E-state index contributed by atoms with van der Waals surface area (Å²) in [6.45, 7) is 2.14. The lowest BCUT2D eigenvalue weighted by atomic mass is 10.0. The van der Waals surface area contributed by atoms with Crippen LogP contribution >= 0.6 is 0 Å². The molecule has 4 aliphatic rings. The predicted octanol–water partition coefficient (Wildman–Crippen LogP) is 4.48. The summed E-state index contributed by atoms with van der Waals surface area (Å²) in [5.41, 5.74) is 14.3. The number of amides is 2. The molecule has 2 amide bonds. The van der Waals surface area contributed by atoms with Crippen LogP contribution in [0, 0.1) is 11.8 Å². The van der Waals surface area contributed by atoms with E-state index >= 15 is 0 Å². The number of hydrogen-bond acceptors (Lipinski definition) is 6. The molecule has 0 spiro atoms. The lowest BCUT2D eigenvalue weighted by Gasteiger charge is -2.27. The first-order chi connectivity index (χ1) is 21.9. The Balaban J connectivity index is 1.15. The molecule has 3 fully saturated rings. The van der Waals surface area contributed by atoms with Crippen molar-refractivity contribution in [3.8, 4) is 28.4 Å². The summed E-state index contributed by atoms with van der Waals surface area (Å²) in [4.78, 5) is 37.4. The molecule has 10 nitrogen and oxygen atoms in total. The number of fused-ring (bicyclic) bond motifs is 5. The monoisotopic (exact) mass is 601 g/mol. The number of pyridine rings is 1. The number of aryl methyl sites for hydroxylation is 1. The highest BCUT2D eigenvalue weighted by atomic mass is 16.5. The Bertz CT molecular complexity index is 2070. The van der Waals surface area contributed by atoms with Crippen molar-refractivity contribution in [2.45, 2.75) is 50.9 Å². The first-order valence-electron chi connectivity index (χ1n) is 15.9. The molecule has 1 saturated heterocycles. The lowest BCUT2D eigenvalue weighted by molar-refractivity contribution is 0.0700. The molecule has 10 heteroatoms. The summed E-state index contributed by atoms with van der Waals surface area (Å²) in [5, 5.41) is 3.99. The predicted molar refractivity (Wildman–Crippen MR) is 171 cm³/mol. The quantitative estimate of drug-likeness (QED) is 0.296. The van der Waals surface area contributed by atoms with Gasteiger partial charge < -0.3 is 29.8 Å². The van der Waals surface area contributed by atoms with E-state index in [1.54, 1.807) is 13.3 Å². The Hall–Kier alpha value is -4.70. The molecule has 9 rings (SSSR count). The molecule has 2 aromatic carbocycles. The third-order valence-electron chi connectivity index (χ3n) is 10.5. The van der Waals surface area contributed by atoms with Crippen LogP contribution in [-0.4, -0.2) is 61.6 Å². The van der Waals surface area contributed by atoms with Gasteiger partial charge in [-0.05, 0) is 73.4 Å². The van der Waals surface area contributed by atoms with Crippen LogP contribution in [0.1, 0.15) is 52.1 Å². The van der Waals surface area contributed by atoms with E-state index in [-0.39, 0.29) is 23.9 Å². The number of ether oxygens (including phenoxy) is 1. The Labute approximate surface area is 260 Å². The maximum absolute atomic E-state index is 13.7. The minimum absolute atomic E-state index is 0.00150. The second-order valence-electron chi connectivity index (χ2n) is 13.3. The van der Waals surface area contributed by atoms with Gasteiger partial charge in [-0.1, -0.05) is 12.1 Å². The number of imidazole rings is 1. The van der Waals surface area contributed by atoms with Gasteiger partial charge in [-0.2, -0.15) is 0 Å². The molecule has 3 aromatic heterocycles. The molecule has 2 aliphatic carbocycles. The van der Waals surface area contributed by atoms with E-state index < -0.39 is 0 Å². The molecule has 45 heavy (non-hydrogen) atoms. The third-order valence-corrected chi connectivity index (χ3v) is 10.5. The second-order valence-corrected chi connectivity index (χ2v) is 13.3. The van der Waals surface area contributed by atoms with Crippen molar-refractivity contribution in [1.29, 1.82) is 0 Å². The topological polar surface area (TPSA) is 120 Å². The van der Waals surface area contributed by atoms with Gasteiger partial charge in [0, 0.05) is 72.6 Å². The summed E-state index contributed by atoms with van der Waals surface area (Å²) in [5.74, 6) is 2.38. The van der Waals surface area contributed by atoms with Gasteiger partial charge in [0.05, 0.1) is 18.3 Å². The van der Waals surface area contributed by atoms with Crippen LogP contribution in [0.3, 0.4) is 0 Å². The SMILES string of the molecule is COc1cc(C(=O)N2CC3CCC2C3N)cc2nc(-c3cc4ccc(-c5cnc6c(c5)CNC6=O)cc4n3CC3CC3)n(C)c12. The molecule has 228 valence electrons. The Morgan fingerprint density at radius 2 is 1.96 bits per heavy atom. The van der Waals surface area contributed by atoms with E-state index in [0.717, 1.165) is 76.1 Å². The zero-order valence-electron chi connectivity index (χ0n) is 25.4. The fraction of sp³-hybridized carbons (Fsp3) is 0.371. The minimum atomic E-state index is -0.113. The highest BCUT2D eigenvalue weighted by Gasteiger charge is 2.47. The second kappa shape index (κ2) is 9.65. The molecule has 2 saturated carbocycles. The van der Waals surface area contributed by atoms with E-state index in [1.165, 1.54) is 12.8 Å². The van der Waals surface area contributed by atoms with Gasteiger partial charge in [0.25, 0.3) is 11.8 Å². The molecule has 2 aliphatic heterocycles. The molecule has 5 aromatic rings. The largest absolute Gasteiger partial charge is 0.494 e. The van der Waals surface area contributed by atoms with Crippen molar-refractivity contribution in [3.05, 3.63) is 65.5 Å². The standard InChI is InChI=1S/C35H35N7O3/c1-40-32-25(10-22(13-29(32)45-2)35(44)42-17-21-7-8-26(42)30(21)36)39-33(40)28-12-20-6-5-19(11-27(20)41(28)16-18-3-4-18)23-9-24-15-38-34(43)31(24)37-14-23/h5-6,9-14,18,21,26,30H,3-4,7-8,15-17,36H2,1-2H3,(H,38,43). The van der Waals surface area contributed by atoms with Gasteiger partial charge >= 0.3 is 0 Å². The van der Waals surface area contributed by atoms with E-state index in [1.807, 2.05) is 24.1 Å². The maximum atomic E-state index is 13.7. The fourth-order valence-corrected chi connectivity index (χ4v) is 7.91. The van der Waals surface area contributed by atoms with E-state index in [9.17, 15) is 9.59 Å². The van der Waals surface area contributed by atoms with Gasteiger partial charge in [-0.15, -0.1) is 0 Å². The minimum Gasteiger partial charge on any atom is -0.494 e. The molecule has 0 radical (unpaired) electrons. The number of methoxy groups -OCH3 is 1.